The van der Waals surface area contributed by atoms with Crippen molar-refractivity contribution in [2.75, 3.05) is 7.11 Å². The average molecular weight is 440 g/mol. The molecule has 154 valence electrons. The number of nitrogens with one attached hydrogen (secondary N) is 2. The van der Waals surface area contributed by atoms with Crippen molar-refractivity contribution in [2.24, 2.45) is 0 Å². The smallest absolute Gasteiger partial charge is 0.253 e. The van der Waals surface area contributed by atoms with Crippen molar-refractivity contribution in [1.29, 1.82) is 0 Å². The number of H-pyrrole nitrogens is 1. The van der Waals surface area contributed by atoms with E-state index in [4.69, 9.17) is 21.4 Å². The minimum absolute atomic E-state index is 0.127. The maximum Gasteiger partial charge on any atom is 0.253 e. The molecule has 0 aliphatic carbocycles. The molecule has 0 spiro atoms. The molecule has 0 radical (unpaired) electrons. The highest BCUT2D eigenvalue weighted by Gasteiger charge is 2.15. The third kappa shape index (κ3) is 4.72. The van der Waals surface area contributed by atoms with Gasteiger partial charge in [0.05, 0.1) is 33.0 Å². The second kappa shape index (κ2) is 9.15. The van der Waals surface area contributed by atoms with Gasteiger partial charge in [-0.15, -0.1) is 11.3 Å². The molecule has 1 aromatic carbocycles. The predicted octanol–water partition coefficient (Wildman–Crippen LogP) is 4.27. The number of hydrogen-bond donors (Lipinski definition) is 2. The molecule has 0 saturated carbocycles. The van der Waals surface area contributed by atoms with Gasteiger partial charge in [-0.25, -0.2) is 0 Å². The number of fused-ring (bicyclic) bond motifs is 1. The summed E-state index contributed by atoms with van der Waals surface area (Å²) in [5, 5.41) is 6.73. The van der Waals surface area contributed by atoms with Crippen molar-refractivity contribution in [3.8, 4) is 5.75 Å². The van der Waals surface area contributed by atoms with Crippen LogP contribution in [0.15, 0.2) is 69.4 Å². The third-order valence-electron chi connectivity index (χ3n) is 4.70. The van der Waals surface area contributed by atoms with Crippen LogP contribution >= 0.6 is 23.6 Å². The molecule has 4 aromatic rings. The maximum atomic E-state index is 12.7. The molecule has 0 atom stereocenters. The molecule has 0 fully saturated rings. The van der Waals surface area contributed by atoms with Crippen LogP contribution in [-0.2, 0) is 19.6 Å². The average Bonchev–Trinajstić information content (AvgIpc) is 3.46. The van der Waals surface area contributed by atoms with Gasteiger partial charge in [0, 0.05) is 21.3 Å². The van der Waals surface area contributed by atoms with Crippen molar-refractivity contribution in [2.45, 2.75) is 19.6 Å². The predicted molar refractivity (Wildman–Crippen MR) is 123 cm³/mol. The fourth-order valence-corrected chi connectivity index (χ4v) is 4.08. The SMILES string of the molecule is COc1ccc2[nH]c(=O)c(CN(Cc3cccs3)C(=S)NCc3ccco3)cc2c1. The van der Waals surface area contributed by atoms with Gasteiger partial charge in [0.1, 0.15) is 11.5 Å². The summed E-state index contributed by atoms with van der Waals surface area (Å²) in [6.07, 6.45) is 1.63. The highest BCUT2D eigenvalue weighted by atomic mass is 32.1. The number of thiocarbonyl (C=S) groups is 1. The molecule has 3 heterocycles. The van der Waals surface area contributed by atoms with E-state index in [1.54, 1.807) is 24.7 Å². The Bertz CT molecular complexity index is 1180. The number of ether oxygens (including phenoxy) is 1. The number of rotatable bonds is 7. The van der Waals surface area contributed by atoms with Crippen molar-refractivity contribution in [3.05, 3.63) is 86.7 Å². The first-order valence-corrected chi connectivity index (χ1v) is 10.7. The lowest BCUT2D eigenvalue weighted by atomic mass is 10.1. The van der Waals surface area contributed by atoms with Crippen LogP contribution in [0.4, 0.5) is 0 Å². The summed E-state index contributed by atoms with van der Waals surface area (Å²) in [5.41, 5.74) is 1.28. The van der Waals surface area contributed by atoms with Gasteiger partial charge in [-0.1, -0.05) is 6.07 Å². The first-order valence-electron chi connectivity index (χ1n) is 9.40. The fourth-order valence-electron chi connectivity index (χ4n) is 3.16. The molecule has 0 unspecified atom stereocenters. The van der Waals surface area contributed by atoms with Crippen molar-refractivity contribution in [3.63, 3.8) is 0 Å². The summed E-state index contributed by atoms with van der Waals surface area (Å²) >= 11 is 7.30. The van der Waals surface area contributed by atoms with Gasteiger partial charge >= 0.3 is 0 Å². The van der Waals surface area contributed by atoms with Crippen molar-refractivity contribution in [1.82, 2.24) is 15.2 Å². The van der Waals surface area contributed by atoms with Crippen LogP contribution in [0.5, 0.6) is 5.75 Å². The number of aromatic nitrogens is 1. The number of thiophene rings is 1. The summed E-state index contributed by atoms with van der Waals surface area (Å²) in [6, 6.07) is 15.3. The standard InChI is InChI=1S/C22H21N3O3S2/c1-27-17-6-7-20-15(11-17)10-16(21(26)24-20)13-25(14-19-5-3-9-30-19)22(29)23-12-18-4-2-8-28-18/h2-11H,12-14H2,1H3,(H,23,29)(H,24,26). The van der Waals surface area contributed by atoms with E-state index < -0.39 is 0 Å². The Hall–Kier alpha value is -3.10. The monoisotopic (exact) mass is 439 g/mol. The summed E-state index contributed by atoms with van der Waals surface area (Å²) < 4.78 is 10.7. The Kier molecular flexibility index (Phi) is 6.15. The van der Waals surface area contributed by atoms with Gasteiger partial charge in [0.2, 0.25) is 0 Å². The number of hydrogen-bond acceptors (Lipinski definition) is 5. The molecular weight excluding hydrogens is 418 g/mol. The molecule has 6 nitrogen and oxygen atoms in total. The molecule has 30 heavy (non-hydrogen) atoms. The van der Waals surface area contributed by atoms with Crippen LogP contribution in [0.1, 0.15) is 16.2 Å². The number of methoxy groups -OCH3 is 1. The lowest BCUT2D eigenvalue weighted by molar-refractivity contribution is 0.396. The lowest BCUT2D eigenvalue weighted by Crippen LogP contribution is -2.39. The van der Waals surface area contributed by atoms with Crippen LogP contribution in [0.25, 0.3) is 10.9 Å². The minimum Gasteiger partial charge on any atom is -0.497 e. The first-order chi connectivity index (χ1) is 14.6. The molecule has 8 heteroatoms. The van der Waals surface area contributed by atoms with Crippen molar-refractivity contribution >= 4 is 39.6 Å². The molecular formula is C22H21N3O3S2. The zero-order valence-electron chi connectivity index (χ0n) is 16.4. The summed E-state index contributed by atoms with van der Waals surface area (Å²) in [6.45, 7) is 1.47. The lowest BCUT2D eigenvalue weighted by Gasteiger charge is -2.25. The molecule has 4 rings (SSSR count). The normalized spacial score (nSPS) is 10.8. The zero-order valence-corrected chi connectivity index (χ0v) is 18.0. The Balaban J connectivity index is 1.59. The quantitative estimate of drug-likeness (QED) is 0.419. The highest BCUT2D eigenvalue weighted by Crippen LogP contribution is 2.20. The maximum absolute atomic E-state index is 12.7. The molecule has 3 aromatic heterocycles. The molecule has 2 N–H and O–H groups in total. The summed E-state index contributed by atoms with van der Waals surface area (Å²) in [4.78, 5) is 18.8. The zero-order chi connectivity index (χ0) is 20.9. The first kappa shape index (κ1) is 20.2. The largest absolute Gasteiger partial charge is 0.497 e. The van der Waals surface area contributed by atoms with E-state index in [-0.39, 0.29) is 5.56 Å². The van der Waals surface area contributed by atoms with E-state index in [1.165, 1.54) is 0 Å². The van der Waals surface area contributed by atoms with Gasteiger partial charge in [0.15, 0.2) is 5.11 Å². The molecule has 0 bridgehead atoms. The molecule has 0 aliphatic rings. The van der Waals surface area contributed by atoms with E-state index in [9.17, 15) is 4.79 Å². The Morgan fingerprint density at radius 3 is 2.87 bits per heavy atom. The van der Waals surface area contributed by atoms with Crippen LogP contribution < -0.4 is 15.6 Å². The Morgan fingerprint density at radius 2 is 2.13 bits per heavy atom. The molecule has 0 aliphatic heterocycles. The number of furan rings is 1. The van der Waals surface area contributed by atoms with Gasteiger partial charge in [-0.05, 0) is 60.1 Å². The van der Waals surface area contributed by atoms with Crippen LogP contribution in [0.3, 0.4) is 0 Å². The van der Waals surface area contributed by atoms with Crippen molar-refractivity contribution < 1.29 is 9.15 Å². The van der Waals surface area contributed by atoms with E-state index in [1.807, 2.05) is 52.7 Å². The number of nitrogens with zero attached hydrogens (tertiary/aromatic N) is 1. The van der Waals surface area contributed by atoms with E-state index in [0.717, 1.165) is 27.3 Å². The highest BCUT2D eigenvalue weighted by molar-refractivity contribution is 7.80. The van der Waals surface area contributed by atoms with Gasteiger partial charge in [-0.3, -0.25) is 4.79 Å². The molecule has 0 saturated heterocycles. The topological polar surface area (TPSA) is 70.5 Å². The Morgan fingerprint density at radius 1 is 1.23 bits per heavy atom. The third-order valence-corrected chi connectivity index (χ3v) is 5.96. The second-order valence-electron chi connectivity index (χ2n) is 6.75. The van der Waals surface area contributed by atoms with Gasteiger partial charge in [0.25, 0.3) is 5.56 Å². The molecule has 0 amide bonds. The minimum atomic E-state index is -0.127. The van der Waals surface area contributed by atoms with Gasteiger partial charge < -0.3 is 24.4 Å². The van der Waals surface area contributed by atoms with E-state index in [0.29, 0.717) is 30.3 Å². The fraction of sp³-hybridized carbons (Fsp3) is 0.182. The van der Waals surface area contributed by atoms with Crippen LogP contribution in [0.2, 0.25) is 0 Å². The van der Waals surface area contributed by atoms with Crippen LogP contribution in [-0.4, -0.2) is 22.1 Å². The Labute approximate surface area is 183 Å². The van der Waals surface area contributed by atoms with E-state index >= 15 is 0 Å². The number of aromatic amines is 1. The number of benzene rings is 1. The van der Waals surface area contributed by atoms with Gasteiger partial charge in [-0.2, -0.15) is 0 Å². The summed E-state index contributed by atoms with van der Waals surface area (Å²) in [5.74, 6) is 1.54. The second-order valence-corrected chi connectivity index (χ2v) is 8.17. The summed E-state index contributed by atoms with van der Waals surface area (Å²) in [7, 11) is 1.62. The number of pyridine rings is 1. The van der Waals surface area contributed by atoms with Crippen LogP contribution in [0, 0.1) is 0 Å². The van der Waals surface area contributed by atoms with E-state index in [2.05, 4.69) is 16.4 Å².